The van der Waals surface area contributed by atoms with Crippen LogP contribution in [0.25, 0.3) is 0 Å². The van der Waals surface area contributed by atoms with Crippen LogP contribution in [0.15, 0.2) is 54.6 Å². The Balaban J connectivity index is 0.000000350. The first-order chi connectivity index (χ1) is 16.2. The van der Waals surface area contributed by atoms with Crippen molar-refractivity contribution in [1.29, 1.82) is 0 Å². The van der Waals surface area contributed by atoms with E-state index in [4.69, 9.17) is 49.8 Å². The zero-order valence-corrected chi connectivity index (χ0v) is 20.8. The molecule has 4 rings (SSSR count). The Morgan fingerprint density at radius 3 is 2.38 bits per heavy atom. The smallest absolute Gasteiger partial charge is 0.328 e. The highest BCUT2D eigenvalue weighted by Gasteiger charge is 2.46. The fraction of sp³-hybridized carbons (Fsp3) is 0.360. The minimum Gasteiger partial charge on any atom is -0.492 e. The molecule has 0 aromatic heterocycles. The van der Waals surface area contributed by atoms with Crippen molar-refractivity contribution in [3.05, 3.63) is 75.2 Å². The zero-order valence-electron chi connectivity index (χ0n) is 18.5. The molecule has 182 valence electrons. The third-order valence-corrected chi connectivity index (χ3v) is 7.46. The van der Waals surface area contributed by atoms with E-state index < -0.39 is 11.9 Å². The Kier molecular flexibility index (Phi) is 9.25. The number of carbonyl (C=O) groups is 2. The van der Waals surface area contributed by atoms with E-state index in [1.807, 2.05) is 24.3 Å². The number of nitrogens with zero attached hydrogens (tertiary/aromatic N) is 1. The summed E-state index contributed by atoms with van der Waals surface area (Å²) in [6.07, 6.45) is 4.73. The van der Waals surface area contributed by atoms with Crippen LogP contribution in [0.2, 0.25) is 15.1 Å². The number of hydrogen-bond acceptors (Lipinski definition) is 4. The molecule has 2 saturated heterocycles. The first-order valence-corrected chi connectivity index (χ1v) is 12.0. The molecule has 2 N–H and O–H groups in total. The van der Waals surface area contributed by atoms with Crippen molar-refractivity contribution < 1.29 is 24.5 Å². The predicted octanol–water partition coefficient (Wildman–Crippen LogP) is 6.00. The highest BCUT2D eigenvalue weighted by molar-refractivity contribution is 6.42. The fourth-order valence-corrected chi connectivity index (χ4v) is 5.39. The van der Waals surface area contributed by atoms with E-state index in [-0.39, 0.29) is 0 Å². The Morgan fingerprint density at radius 2 is 1.74 bits per heavy atom. The van der Waals surface area contributed by atoms with E-state index in [1.165, 1.54) is 18.4 Å². The maximum atomic E-state index is 9.55. The molecular weight excluding hydrogens is 501 g/mol. The van der Waals surface area contributed by atoms with Gasteiger partial charge < -0.3 is 19.8 Å². The van der Waals surface area contributed by atoms with Gasteiger partial charge in [0.2, 0.25) is 0 Å². The van der Waals surface area contributed by atoms with Crippen molar-refractivity contribution >= 4 is 46.7 Å². The lowest BCUT2D eigenvalue weighted by atomic mass is 9.76. The number of hydrogen-bond donors (Lipinski definition) is 2. The van der Waals surface area contributed by atoms with Crippen molar-refractivity contribution in [2.24, 2.45) is 5.92 Å². The number of rotatable bonds is 6. The number of piperidine rings is 1. The van der Waals surface area contributed by atoms with Crippen molar-refractivity contribution in [2.75, 3.05) is 13.7 Å². The van der Waals surface area contributed by atoms with Gasteiger partial charge in [-0.1, -0.05) is 53.0 Å². The molecule has 0 spiro atoms. The molecular formula is C25H26Cl3NO5. The van der Waals surface area contributed by atoms with Crippen molar-refractivity contribution in [3.63, 3.8) is 0 Å². The fourth-order valence-electron chi connectivity index (χ4n) is 4.85. The lowest BCUT2D eigenvalue weighted by Gasteiger charge is -2.43. The third kappa shape index (κ3) is 6.66. The Bertz CT molecular complexity index is 1040. The van der Waals surface area contributed by atoms with Crippen LogP contribution < -0.4 is 4.74 Å². The summed E-state index contributed by atoms with van der Waals surface area (Å²) in [5.74, 6) is -1.01. The van der Waals surface area contributed by atoms with Gasteiger partial charge in [0.05, 0.1) is 11.6 Å². The van der Waals surface area contributed by atoms with E-state index in [0.29, 0.717) is 58.5 Å². The van der Waals surface area contributed by atoms with E-state index in [1.54, 1.807) is 6.07 Å². The first-order valence-electron chi connectivity index (χ1n) is 10.9. The molecule has 6 nitrogen and oxygen atoms in total. The molecule has 0 aliphatic carbocycles. The largest absolute Gasteiger partial charge is 0.492 e. The van der Waals surface area contributed by atoms with Crippen LogP contribution in [-0.2, 0) is 9.59 Å². The molecule has 2 aliphatic heterocycles. The van der Waals surface area contributed by atoms with E-state index >= 15 is 0 Å². The minimum absolute atomic E-state index is 0.396. The molecule has 9 heteroatoms. The second-order valence-corrected chi connectivity index (χ2v) is 9.62. The van der Waals surface area contributed by atoms with Gasteiger partial charge in [0, 0.05) is 35.2 Å². The summed E-state index contributed by atoms with van der Waals surface area (Å²) in [6, 6.07) is 15.0. The van der Waals surface area contributed by atoms with Gasteiger partial charge in [-0.3, -0.25) is 0 Å². The molecule has 0 amide bonds. The molecule has 2 unspecified atom stereocenters. The predicted molar refractivity (Wildman–Crippen MR) is 133 cm³/mol. The highest BCUT2D eigenvalue weighted by atomic mass is 35.5. The van der Waals surface area contributed by atoms with Gasteiger partial charge in [0.25, 0.3) is 0 Å². The van der Waals surface area contributed by atoms with Gasteiger partial charge in [-0.25, -0.2) is 9.59 Å². The lowest BCUT2D eigenvalue weighted by Crippen LogP contribution is -2.47. The summed E-state index contributed by atoms with van der Waals surface area (Å²) < 4.78 is 6.16. The van der Waals surface area contributed by atoms with Gasteiger partial charge in [-0.05, 0) is 62.1 Å². The SMILES string of the molecule is CN1C2CCC1[C@H](COc1cccc(Cl)c1Cl)[C@@H](c1cccc(Cl)c1)C2.O=C(O)/C=C/C(=O)O. The molecule has 2 fully saturated rings. The quantitative estimate of drug-likeness (QED) is 0.449. The summed E-state index contributed by atoms with van der Waals surface area (Å²) in [7, 11) is 2.25. The van der Waals surface area contributed by atoms with Crippen LogP contribution in [0.3, 0.4) is 0 Å². The molecule has 34 heavy (non-hydrogen) atoms. The summed E-state index contributed by atoms with van der Waals surface area (Å²) in [5, 5.41) is 17.4. The number of carboxylic acid groups (broad SMARTS) is 2. The summed E-state index contributed by atoms with van der Waals surface area (Å²) in [5.41, 5.74) is 1.31. The molecule has 4 atom stereocenters. The third-order valence-electron chi connectivity index (χ3n) is 6.42. The van der Waals surface area contributed by atoms with Gasteiger partial charge in [-0.15, -0.1) is 0 Å². The number of benzene rings is 2. The second kappa shape index (κ2) is 11.9. The lowest BCUT2D eigenvalue weighted by molar-refractivity contribution is -0.134. The summed E-state index contributed by atoms with van der Waals surface area (Å²) in [6.45, 7) is 0.624. The summed E-state index contributed by atoms with van der Waals surface area (Å²) >= 11 is 18.7. The molecule has 2 aliphatic rings. The van der Waals surface area contributed by atoms with E-state index in [9.17, 15) is 9.59 Å². The number of ether oxygens (including phenoxy) is 1. The van der Waals surface area contributed by atoms with Crippen LogP contribution >= 0.6 is 34.8 Å². The van der Waals surface area contributed by atoms with Gasteiger partial charge in [0.15, 0.2) is 0 Å². The highest BCUT2D eigenvalue weighted by Crippen LogP contribution is 2.47. The van der Waals surface area contributed by atoms with Crippen molar-refractivity contribution in [1.82, 2.24) is 4.90 Å². The minimum atomic E-state index is -1.26. The number of halogens is 3. The number of aliphatic carboxylic acids is 2. The van der Waals surface area contributed by atoms with Crippen LogP contribution in [0.1, 0.15) is 30.7 Å². The molecule has 2 aromatic rings. The van der Waals surface area contributed by atoms with Crippen molar-refractivity contribution in [2.45, 2.75) is 37.3 Å². The van der Waals surface area contributed by atoms with Gasteiger partial charge in [-0.2, -0.15) is 0 Å². The van der Waals surface area contributed by atoms with Crippen LogP contribution in [0.4, 0.5) is 0 Å². The average molecular weight is 527 g/mol. The van der Waals surface area contributed by atoms with Crippen molar-refractivity contribution in [3.8, 4) is 5.75 Å². The summed E-state index contributed by atoms with van der Waals surface area (Å²) in [4.78, 5) is 21.6. The van der Waals surface area contributed by atoms with Gasteiger partial charge in [0.1, 0.15) is 10.8 Å². The van der Waals surface area contributed by atoms with Crippen LogP contribution in [-0.4, -0.2) is 52.8 Å². The average Bonchev–Trinajstić information content (AvgIpc) is 3.03. The van der Waals surface area contributed by atoms with Crippen LogP contribution in [0.5, 0.6) is 5.75 Å². The van der Waals surface area contributed by atoms with Gasteiger partial charge >= 0.3 is 11.9 Å². The normalized spacial score (nSPS) is 23.9. The first kappa shape index (κ1) is 26.4. The maximum absolute atomic E-state index is 9.55. The topological polar surface area (TPSA) is 87.1 Å². The molecule has 0 saturated carbocycles. The van der Waals surface area contributed by atoms with Crippen LogP contribution in [0, 0.1) is 5.92 Å². The Morgan fingerprint density at radius 1 is 1.06 bits per heavy atom. The number of fused-ring (bicyclic) bond motifs is 2. The second-order valence-electron chi connectivity index (χ2n) is 8.40. The molecule has 2 heterocycles. The molecule has 2 aromatic carbocycles. The molecule has 0 radical (unpaired) electrons. The Hall–Kier alpha value is -2.25. The van der Waals surface area contributed by atoms with E-state index in [0.717, 1.165) is 11.4 Å². The monoisotopic (exact) mass is 525 g/mol. The van der Waals surface area contributed by atoms with E-state index in [2.05, 4.69) is 24.1 Å². The zero-order chi connectivity index (χ0) is 24.8. The number of carboxylic acids is 2. The molecule has 2 bridgehead atoms. The Labute approximate surface area is 213 Å². The maximum Gasteiger partial charge on any atom is 0.328 e. The standard InChI is InChI=1S/C21H22Cl3NO.C4H4O4/c1-25-15-8-9-19(25)17(12-26-20-7-3-6-18(23)21(20)24)16(11-15)13-4-2-5-14(22)10-13;5-3(6)1-2-4(7)8/h2-7,10,15-17,19H,8-9,11-12H2,1H3;1-2H,(H,5,6)(H,7,8)/b;2-1+/t15?,16-,17-,19?;/m1./s1.